The second kappa shape index (κ2) is 16.9. The highest BCUT2D eigenvalue weighted by atomic mass is 32.2. The Labute approximate surface area is 314 Å². The Balaban J connectivity index is 0.000000201. The topological polar surface area (TPSA) is 185 Å². The monoisotopic (exact) mass is 781 g/mol. The first kappa shape index (κ1) is 40.1. The fourth-order valence-electron chi connectivity index (χ4n) is 6.35. The average molecular weight is 782 g/mol. The number of carbonyl (C=O) groups excluding carboxylic acids is 2. The highest BCUT2D eigenvalue weighted by Gasteiger charge is 2.66. The molecule has 4 N–H and O–H groups in total. The largest absolute Gasteiger partial charge is 0.459 e. The molecule has 3 aliphatic rings. The second-order valence-corrected chi connectivity index (χ2v) is 17.6. The first-order chi connectivity index (χ1) is 25.1. The van der Waals surface area contributed by atoms with Crippen LogP contribution in [0.2, 0.25) is 0 Å². The SMILES string of the molecule is Cc1ccc(S(=O)(=O)O)cc1.Cc1ccc(S(=O)(=O)O)cc1.NC1C(=O)N2C(C(=O)OCc3ccccc3)C3(CCN(Cc4ccccc4)CC3)S[C@H]12. The Hall–Kier alpha value is -4.09. The van der Waals surface area contributed by atoms with E-state index in [1.807, 2.05) is 50.2 Å². The van der Waals surface area contributed by atoms with Crippen LogP contribution in [0.5, 0.6) is 0 Å². The van der Waals surface area contributed by atoms with E-state index < -0.39 is 32.3 Å². The van der Waals surface area contributed by atoms with Crippen molar-refractivity contribution < 1.29 is 40.3 Å². The molecule has 0 saturated carbocycles. The van der Waals surface area contributed by atoms with Crippen molar-refractivity contribution in [3.63, 3.8) is 0 Å². The molecule has 53 heavy (non-hydrogen) atoms. The van der Waals surface area contributed by atoms with Gasteiger partial charge in [-0.05, 0) is 75.2 Å². The summed E-state index contributed by atoms with van der Waals surface area (Å²) in [6, 6.07) is 31.0. The summed E-state index contributed by atoms with van der Waals surface area (Å²) in [7, 11) is -8.04. The van der Waals surface area contributed by atoms with Gasteiger partial charge < -0.3 is 15.4 Å². The summed E-state index contributed by atoms with van der Waals surface area (Å²) in [5.74, 6) is -0.446. The lowest BCUT2D eigenvalue weighted by Crippen LogP contribution is -2.69. The van der Waals surface area contributed by atoms with E-state index in [-0.39, 0.29) is 38.4 Å². The molecule has 12 nitrogen and oxygen atoms in total. The number of hydrogen-bond donors (Lipinski definition) is 3. The van der Waals surface area contributed by atoms with Gasteiger partial charge in [-0.1, -0.05) is 96.1 Å². The molecular weight excluding hydrogens is 739 g/mol. The van der Waals surface area contributed by atoms with Crippen LogP contribution in [-0.2, 0) is 47.7 Å². The summed E-state index contributed by atoms with van der Waals surface area (Å²) in [5, 5.41) is -0.123. The number of benzene rings is 4. The van der Waals surface area contributed by atoms with Crippen LogP contribution in [0.15, 0.2) is 119 Å². The maximum absolute atomic E-state index is 13.2. The number of esters is 1. The lowest BCUT2D eigenvalue weighted by molar-refractivity contribution is -0.164. The normalized spacial score (nSPS) is 20.6. The van der Waals surface area contributed by atoms with E-state index in [0.29, 0.717) is 0 Å². The number of amides is 1. The molecule has 3 saturated heterocycles. The minimum atomic E-state index is -4.02. The number of thioether (sulfide) groups is 1. The number of piperidine rings is 1. The van der Waals surface area contributed by atoms with Crippen LogP contribution in [0.25, 0.3) is 0 Å². The summed E-state index contributed by atoms with van der Waals surface area (Å²) in [4.78, 5) is 29.7. The predicted octanol–water partition coefficient (Wildman–Crippen LogP) is 4.86. The Morgan fingerprint density at radius 2 is 1.23 bits per heavy atom. The van der Waals surface area contributed by atoms with Crippen molar-refractivity contribution in [3.8, 4) is 0 Å². The van der Waals surface area contributed by atoms with Gasteiger partial charge in [-0.2, -0.15) is 16.8 Å². The van der Waals surface area contributed by atoms with Gasteiger partial charge in [0.25, 0.3) is 20.2 Å². The molecule has 4 aromatic carbocycles. The molecule has 7 rings (SSSR count). The molecule has 1 amide bonds. The maximum atomic E-state index is 13.2. The summed E-state index contributed by atoms with van der Waals surface area (Å²) >= 11 is 1.71. The predicted molar refractivity (Wildman–Crippen MR) is 202 cm³/mol. The molecule has 15 heteroatoms. The molecule has 3 fully saturated rings. The maximum Gasteiger partial charge on any atom is 0.330 e. The number of β-lactam (4-membered cyclic amide) rings is 1. The van der Waals surface area contributed by atoms with Crippen molar-refractivity contribution in [2.75, 3.05) is 13.1 Å². The van der Waals surface area contributed by atoms with Gasteiger partial charge in [0.2, 0.25) is 5.91 Å². The summed E-state index contributed by atoms with van der Waals surface area (Å²) in [5.41, 5.74) is 10.2. The quantitative estimate of drug-likeness (QED) is 0.132. The molecule has 3 aliphatic heterocycles. The molecule has 1 spiro atoms. The Kier molecular flexibility index (Phi) is 12.8. The molecule has 0 aromatic heterocycles. The highest BCUT2D eigenvalue weighted by Crippen LogP contribution is 2.55. The van der Waals surface area contributed by atoms with Gasteiger partial charge in [0, 0.05) is 6.54 Å². The van der Waals surface area contributed by atoms with Gasteiger partial charge in [-0.25, -0.2) is 4.79 Å². The lowest BCUT2D eigenvalue weighted by Gasteiger charge is -2.44. The molecule has 0 bridgehead atoms. The van der Waals surface area contributed by atoms with Crippen LogP contribution in [0.4, 0.5) is 0 Å². The molecular formula is C38H43N3O9S3. The number of carbonyl (C=O) groups is 2. The van der Waals surface area contributed by atoms with E-state index >= 15 is 0 Å². The molecule has 3 heterocycles. The first-order valence-corrected chi connectivity index (χ1v) is 20.6. The third-order valence-corrected chi connectivity index (χ3v) is 12.9. The van der Waals surface area contributed by atoms with Crippen molar-refractivity contribution in [2.24, 2.45) is 5.73 Å². The van der Waals surface area contributed by atoms with Crippen molar-refractivity contribution in [3.05, 3.63) is 131 Å². The lowest BCUT2D eigenvalue weighted by atomic mass is 9.85. The molecule has 3 atom stereocenters. The number of nitrogens with two attached hydrogens (primary N) is 1. The van der Waals surface area contributed by atoms with Crippen molar-refractivity contribution in [1.82, 2.24) is 9.80 Å². The zero-order valence-electron chi connectivity index (χ0n) is 29.3. The fraction of sp³-hybridized carbons (Fsp3) is 0.316. The molecule has 0 radical (unpaired) electrons. The number of likely N-dealkylation sites (tertiary alicyclic amines) is 1. The van der Waals surface area contributed by atoms with E-state index in [1.165, 1.54) is 29.8 Å². The smallest absolute Gasteiger partial charge is 0.330 e. The average Bonchev–Trinajstić information content (AvgIpc) is 3.43. The summed E-state index contributed by atoms with van der Waals surface area (Å²) in [6.45, 7) is 6.57. The number of hydrogen-bond acceptors (Lipinski definition) is 10. The summed E-state index contributed by atoms with van der Waals surface area (Å²) < 4.78 is 64.5. The third kappa shape index (κ3) is 10.1. The van der Waals surface area contributed by atoms with Crippen LogP contribution in [0.3, 0.4) is 0 Å². The summed E-state index contributed by atoms with van der Waals surface area (Å²) in [6.07, 6.45) is 1.67. The van der Waals surface area contributed by atoms with Crippen molar-refractivity contribution in [1.29, 1.82) is 0 Å². The van der Waals surface area contributed by atoms with Gasteiger partial charge in [0.05, 0.1) is 14.5 Å². The number of nitrogens with zero attached hydrogens (tertiary/aromatic N) is 2. The van der Waals surface area contributed by atoms with E-state index in [0.717, 1.165) is 49.2 Å². The zero-order chi connectivity index (χ0) is 38.4. The Morgan fingerprint density at radius 1 is 0.774 bits per heavy atom. The van der Waals surface area contributed by atoms with E-state index in [9.17, 15) is 26.4 Å². The van der Waals surface area contributed by atoms with Crippen LogP contribution in [-0.4, -0.2) is 82.9 Å². The Bertz CT molecular complexity index is 2000. The van der Waals surface area contributed by atoms with Gasteiger partial charge in [0.1, 0.15) is 24.1 Å². The number of aryl methyl sites for hydroxylation is 2. The van der Waals surface area contributed by atoms with Gasteiger partial charge >= 0.3 is 5.97 Å². The fourth-order valence-corrected chi connectivity index (χ4v) is 9.15. The molecule has 2 unspecified atom stereocenters. The van der Waals surface area contributed by atoms with E-state index in [1.54, 1.807) is 40.9 Å². The first-order valence-electron chi connectivity index (χ1n) is 16.9. The van der Waals surface area contributed by atoms with Crippen LogP contribution in [0.1, 0.15) is 35.1 Å². The van der Waals surface area contributed by atoms with Crippen LogP contribution >= 0.6 is 11.8 Å². The standard InChI is InChI=1S/C24H27N3O3S.2C7H8O3S/c25-19-21(28)27-20(23(29)30-16-18-9-5-2-6-10-18)24(31-22(19)27)11-13-26(14-12-24)15-17-7-3-1-4-8-17;2*1-6-2-4-7(5-3-6)11(8,9)10/h1-10,19-20,22H,11-16,25H2;2*2-5H,1H3,(H,8,9,10)/t19?,20?,22-;;/m1../s1. The minimum absolute atomic E-state index is 0.0666. The van der Waals surface area contributed by atoms with E-state index in [4.69, 9.17) is 19.6 Å². The van der Waals surface area contributed by atoms with Crippen molar-refractivity contribution >= 4 is 43.9 Å². The minimum Gasteiger partial charge on any atom is -0.459 e. The van der Waals surface area contributed by atoms with Gasteiger partial charge in [-0.15, -0.1) is 11.8 Å². The van der Waals surface area contributed by atoms with Gasteiger partial charge in [0.15, 0.2) is 0 Å². The van der Waals surface area contributed by atoms with Crippen LogP contribution < -0.4 is 5.73 Å². The highest BCUT2D eigenvalue weighted by molar-refractivity contribution is 8.01. The number of ether oxygens (including phenoxy) is 1. The van der Waals surface area contributed by atoms with E-state index in [2.05, 4.69) is 29.2 Å². The van der Waals surface area contributed by atoms with Crippen molar-refractivity contribution in [2.45, 2.75) is 71.8 Å². The molecule has 282 valence electrons. The second-order valence-electron chi connectivity index (χ2n) is 13.2. The number of fused-ring (bicyclic) bond motifs is 1. The zero-order valence-corrected chi connectivity index (χ0v) is 31.8. The molecule has 4 aromatic rings. The third-order valence-electron chi connectivity index (χ3n) is 9.29. The molecule has 0 aliphatic carbocycles. The number of rotatable bonds is 7. The van der Waals surface area contributed by atoms with Gasteiger partial charge in [-0.3, -0.25) is 18.8 Å². The van der Waals surface area contributed by atoms with Crippen LogP contribution in [0, 0.1) is 13.8 Å². The Morgan fingerprint density at radius 3 is 1.68 bits per heavy atom.